The molecule has 0 aliphatic carbocycles. The predicted molar refractivity (Wildman–Crippen MR) is 224 cm³/mol. The minimum absolute atomic E-state index is 0.0767. The van der Waals surface area contributed by atoms with Crippen LogP contribution in [0.4, 0.5) is 0 Å². The van der Waals surface area contributed by atoms with Gasteiger partial charge in [0.1, 0.15) is 12.7 Å². The Bertz CT molecular complexity index is 986. The third kappa shape index (κ3) is 41.4. The van der Waals surface area contributed by atoms with Crippen molar-refractivity contribution in [2.45, 2.75) is 206 Å². The Morgan fingerprint density at radius 2 is 1.06 bits per heavy atom. The highest BCUT2D eigenvalue weighted by atomic mass is 31.2. The van der Waals surface area contributed by atoms with E-state index in [2.05, 4.69) is 55.6 Å². The summed E-state index contributed by atoms with van der Waals surface area (Å²) >= 11 is 0. The van der Waals surface area contributed by atoms with E-state index in [9.17, 15) is 24.2 Å². The zero-order valence-electron chi connectivity index (χ0n) is 34.7. The van der Waals surface area contributed by atoms with Crippen LogP contribution in [0.1, 0.15) is 200 Å². The number of hydrogen-bond acceptors (Lipinski definition) is 7. The molecule has 0 aromatic heterocycles. The molecule has 0 saturated carbocycles. The summed E-state index contributed by atoms with van der Waals surface area (Å²) in [6.45, 7) is 3.45. The van der Waals surface area contributed by atoms with E-state index in [1.54, 1.807) is 0 Å². The van der Waals surface area contributed by atoms with E-state index >= 15 is 0 Å². The Morgan fingerprint density at radius 3 is 1.59 bits per heavy atom. The summed E-state index contributed by atoms with van der Waals surface area (Å²) in [5, 5.41) is 12.7. The molecular weight excluding hydrogens is 701 g/mol. The molecule has 3 N–H and O–H groups in total. The summed E-state index contributed by atoms with van der Waals surface area (Å²) in [4.78, 5) is 33.9. The van der Waals surface area contributed by atoms with Gasteiger partial charge in [-0.3, -0.25) is 18.6 Å². The standard InChI is InChI=1S/C44H82NO8P/c1-3-5-7-9-11-13-15-17-19-21-22-24-26-28-30-32-34-36-43(47)45-38-39-52-54(49,50)53-41-42(46)40-51-44(48)37-35-33-31-29-27-25-23-20-18-16-14-12-10-8-6-4-2/h5,7,11,13,17,19,42,46H,3-4,6,8-10,12,14-16,18,20-41H2,1-2H3,(H,45,47)(H,49,50)/b7-5-,13-11-,19-17-. The van der Waals surface area contributed by atoms with Crippen LogP contribution in [0.15, 0.2) is 36.5 Å². The van der Waals surface area contributed by atoms with Crippen molar-refractivity contribution in [3.05, 3.63) is 36.5 Å². The molecule has 0 rings (SSSR count). The minimum atomic E-state index is -4.42. The van der Waals surface area contributed by atoms with Crippen molar-refractivity contribution >= 4 is 19.7 Å². The average molecular weight is 784 g/mol. The number of rotatable bonds is 41. The largest absolute Gasteiger partial charge is 0.472 e. The molecule has 0 aromatic rings. The lowest BCUT2D eigenvalue weighted by Crippen LogP contribution is -2.27. The number of amides is 1. The number of esters is 1. The molecule has 0 bridgehead atoms. The Balaban J connectivity index is 3.59. The van der Waals surface area contributed by atoms with Gasteiger partial charge in [0.05, 0.1) is 13.2 Å². The van der Waals surface area contributed by atoms with Crippen molar-refractivity contribution in [3.8, 4) is 0 Å². The second-order valence-electron chi connectivity index (χ2n) is 14.6. The van der Waals surface area contributed by atoms with Crippen molar-refractivity contribution in [2.24, 2.45) is 0 Å². The molecule has 316 valence electrons. The highest BCUT2D eigenvalue weighted by Gasteiger charge is 2.23. The zero-order chi connectivity index (χ0) is 39.6. The number of allylic oxidation sites excluding steroid dienone is 6. The molecule has 0 spiro atoms. The fourth-order valence-electron chi connectivity index (χ4n) is 6.04. The minimum Gasteiger partial charge on any atom is -0.463 e. The SMILES string of the molecule is CC/C=C\C/C=C\C/C=C\CCCCCCCCCC(=O)NCCOP(=O)(O)OCC(O)COC(=O)CCCCCCCCCCCCCCCCCC. The molecule has 9 nitrogen and oxygen atoms in total. The van der Waals surface area contributed by atoms with Gasteiger partial charge >= 0.3 is 13.8 Å². The van der Waals surface area contributed by atoms with Crippen molar-refractivity contribution in [3.63, 3.8) is 0 Å². The molecule has 0 aliphatic rings. The van der Waals surface area contributed by atoms with Gasteiger partial charge in [-0.1, -0.05) is 179 Å². The number of hydrogen-bond donors (Lipinski definition) is 3. The summed E-state index contributed by atoms with van der Waals surface area (Å²) in [6, 6.07) is 0. The highest BCUT2D eigenvalue weighted by Crippen LogP contribution is 2.42. The maximum atomic E-state index is 12.1. The zero-order valence-corrected chi connectivity index (χ0v) is 35.6. The molecule has 0 heterocycles. The molecule has 0 aromatic carbocycles. The van der Waals surface area contributed by atoms with E-state index in [0.29, 0.717) is 6.42 Å². The monoisotopic (exact) mass is 784 g/mol. The molecule has 54 heavy (non-hydrogen) atoms. The maximum absolute atomic E-state index is 12.1. The first kappa shape index (κ1) is 52.2. The molecule has 0 saturated heterocycles. The molecule has 2 unspecified atom stereocenters. The van der Waals surface area contributed by atoms with Crippen molar-refractivity contribution < 1.29 is 37.9 Å². The number of phosphoric ester groups is 1. The van der Waals surface area contributed by atoms with Gasteiger partial charge in [-0.15, -0.1) is 0 Å². The van der Waals surface area contributed by atoms with Gasteiger partial charge in [0, 0.05) is 19.4 Å². The molecule has 0 fully saturated rings. The van der Waals surface area contributed by atoms with Gasteiger partial charge in [0.25, 0.3) is 0 Å². The summed E-state index contributed by atoms with van der Waals surface area (Å²) in [5.74, 6) is -0.522. The number of phosphoric acid groups is 1. The van der Waals surface area contributed by atoms with E-state index in [1.807, 2.05) is 0 Å². The first-order valence-electron chi connectivity index (χ1n) is 22.0. The highest BCUT2D eigenvalue weighted by molar-refractivity contribution is 7.47. The number of carbonyl (C=O) groups is 2. The van der Waals surface area contributed by atoms with Crippen LogP contribution in [-0.4, -0.2) is 54.3 Å². The molecule has 0 aliphatic heterocycles. The number of ether oxygens (including phenoxy) is 1. The van der Waals surface area contributed by atoms with E-state index in [-0.39, 0.29) is 32.1 Å². The average Bonchev–Trinajstić information content (AvgIpc) is 3.16. The van der Waals surface area contributed by atoms with Crippen LogP contribution in [0, 0.1) is 0 Å². The first-order chi connectivity index (χ1) is 26.3. The Labute approximate surface area is 331 Å². The second-order valence-corrected chi connectivity index (χ2v) is 16.1. The molecule has 0 radical (unpaired) electrons. The number of nitrogens with one attached hydrogen (secondary N) is 1. The summed E-state index contributed by atoms with van der Waals surface area (Å²) < 4.78 is 26.9. The van der Waals surface area contributed by atoms with Crippen molar-refractivity contribution in [1.82, 2.24) is 5.32 Å². The number of aliphatic hydroxyl groups is 1. The lowest BCUT2D eigenvalue weighted by atomic mass is 10.0. The maximum Gasteiger partial charge on any atom is 0.472 e. The van der Waals surface area contributed by atoms with Crippen molar-refractivity contribution in [2.75, 3.05) is 26.4 Å². The normalized spacial score (nSPS) is 13.6. The topological polar surface area (TPSA) is 131 Å². The number of unbranched alkanes of at least 4 members (excludes halogenated alkanes) is 22. The fourth-order valence-corrected chi connectivity index (χ4v) is 6.80. The smallest absolute Gasteiger partial charge is 0.463 e. The van der Waals surface area contributed by atoms with Gasteiger partial charge < -0.3 is 20.1 Å². The van der Waals surface area contributed by atoms with Crippen LogP contribution in [-0.2, 0) is 27.9 Å². The predicted octanol–water partition coefficient (Wildman–Crippen LogP) is 12.2. The van der Waals surface area contributed by atoms with E-state index in [0.717, 1.165) is 64.2 Å². The van der Waals surface area contributed by atoms with Gasteiger partial charge in [-0.05, 0) is 44.9 Å². The van der Waals surface area contributed by atoms with Gasteiger partial charge in [-0.2, -0.15) is 0 Å². The van der Waals surface area contributed by atoms with Crippen molar-refractivity contribution in [1.29, 1.82) is 0 Å². The summed E-state index contributed by atoms with van der Waals surface area (Å²) in [7, 11) is -4.42. The summed E-state index contributed by atoms with van der Waals surface area (Å²) in [6.07, 6.45) is 45.0. The van der Waals surface area contributed by atoms with E-state index < -0.39 is 26.5 Å². The molecule has 2 atom stereocenters. The van der Waals surface area contributed by atoms with Gasteiger partial charge in [-0.25, -0.2) is 4.57 Å². The Morgan fingerprint density at radius 1 is 0.593 bits per heavy atom. The van der Waals surface area contributed by atoms with Crippen LogP contribution in [0.5, 0.6) is 0 Å². The van der Waals surface area contributed by atoms with E-state index in [1.165, 1.54) is 109 Å². The first-order valence-corrected chi connectivity index (χ1v) is 23.5. The molecule has 1 amide bonds. The third-order valence-electron chi connectivity index (χ3n) is 9.33. The van der Waals surface area contributed by atoms with Crippen LogP contribution < -0.4 is 5.32 Å². The van der Waals surface area contributed by atoms with Gasteiger partial charge in [0.2, 0.25) is 5.91 Å². The second kappa shape index (κ2) is 40.9. The van der Waals surface area contributed by atoms with Crippen LogP contribution in [0.3, 0.4) is 0 Å². The lowest BCUT2D eigenvalue weighted by Gasteiger charge is -2.15. The van der Waals surface area contributed by atoms with E-state index in [4.69, 9.17) is 13.8 Å². The third-order valence-corrected chi connectivity index (χ3v) is 10.3. The Kier molecular flexibility index (Phi) is 39.5. The molecular formula is C44H82NO8P. The molecule has 10 heteroatoms. The van der Waals surface area contributed by atoms with Crippen LogP contribution in [0.25, 0.3) is 0 Å². The number of aliphatic hydroxyl groups excluding tert-OH is 1. The Hall–Kier alpha value is -1.77. The lowest BCUT2D eigenvalue weighted by molar-refractivity contribution is -0.147. The van der Waals surface area contributed by atoms with Gasteiger partial charge in [0.15, 0.2) is 0 Å². The fraction of sp³-hybridized carbons (Fsp3) is 0.818. The summed E-state index contributed by atoms with van der Waals surface area (Å²) in [5.41, 5.74) is 0. The van der Waals surface area contributed by atoms with Crippen LogP contribution >= 0.6 is 7.82 Å². The number of carbonyl (C=O) groups excluding carboxylic acids is 2. The quantitative estimate of drug-likeness (QED) is 0.0242. The van der Waals surface area contributed by atoms with Crippen LogP contribution in [0.2, 0.25) is 0 Å².